The van der Waals surface area contributed by atoms with Gasteiger partial charge in [-0.1, -0.05) is 168 Å². The van der Waals surface area contributed by atoms with E-state index in [9.17, 15) is 9.59 Å². The Kier molecular flexibility index (Phi) is 30.1. The van der Waals surface area contributed by atoms with Crippen molar-refractivity contribution in [3.63, 3.8) is 0 Å². The number of hydrogen-bond donors (Lipinski definition) is 0. The van der Waals surface area contributed by atoms with Gasteiger partial charge in [-0.05, 0) is 12.8 Å². The summed E-state index contributed by atoms with van der Waals surface area (Å²) in [5, 5.41) is 0. The molecule has 0 N–H and O–H groups in total. The fraction of sp³-hybridized carbons (Fsp3) is 0.947. The Morgan fingerprint density at radius 2 is 0.767 bits per heavy atom. The fourth-order valence-electron chi connectivity index (χ4n) is 5.81. The molecule has 0 aliphatic carbocycles. The molecule has 5 heteroatoms. The first-order chi connectivity index (χ1) is 20.8. The third kappa shape index (κ3) is 33.6. The molecule has 0 heterocycles. The Morgan fingerprint density at radius 3 is 1.09 bits per heavy atom. The largest absolute Gasteiger partial charge is 0.461 e. The van der Waals surface area contributed by atoms with Gasteiger partial charge < -0.3 is 14.0 Å². The van der Waals surface area contributed by atoms with Crippen molar-refractivity contribution < 1.29 is 23.5 Å². The molecule has 1 unspecified atom stereocenters. The van der Waals surface area contributed by atoms with Crippen molar-refractivity contribution in [3.8, 4) is 0 Å². The van der Waals surface area contributed by atoms with E-state index in [0.29, 0.717) is 23.9 Å². The van der Waals surface area contributed by atoms with Crippen LogP contribution in [0, 0.1) is 0 Å². The highest BCUT2D eigenvalue weighted by atomic mass is 16.6. The van der Waals surface area contributed by atoms with Crippen molar-refractivity contribution >= 4 is 11.9 Å². The number of carbonyl (C=O) groups excluding carboxylic acids is 2. The zero-order valence-corrected chi connectivity index (χ0v) is 29.9. The van der Waals surface area contributed by atoms with E-state index in [1.165, 1.54) is 141 Å². The van der Waals surface area contributed by atoms with Crippen molar-refractivity contribution in [2.75, 3.05) is 34.3 Å². The van der Waals surface area contributed by atoms with E-state index < -0.39 is 0 Å². The van der Waals surface area contributed by atoms with Crippen molar-refractivity contribution in [2.24, 2.45) is 0 Å². The van der Waals surface area contributed by atoms with Gasteiger partial charge in [-0.2, -0.15) is 0 Å². The van der Waals surface area contributed by atoms with Gasteiger partial charge in [-0.3, -0.25) is 9.59 Å². The van der Waals surface area contributed by atoms with Gasteiger partial charge in [0.15, 0.2) is 6.10 Å². The highest BCUT2D eigenvalue weighted by Crippen LogP contribution is 2.15. The molecule has 0 aromatic heterocycles. The average Bonchev–Trinajstić information content (AvgIpc) is 2.96. The Morgan fingerprint density at radius 1 is 0.465 bits per heavy atom. The summed E-state index contributed by atoms with van der Waals surface area (Å²) >= 11 is 0. The molecule has 0 spiro atoms. The van der Waals surface area contributed by atoms with E-state index in [4.69, 9.17) is 9.47 Å². The second kappa shape index (κ2) is 30.9. The van der Waals surface area contributed by atoms with E-state index in [1.54, 1.807) is 0 Å². The topological polar surface area (TPSA) is 52.6 Å². The summed E-state index contributed by atoms with van der Waals surface area (Å²) < 4.78 is 12.0. The van der Waals surface area contributed by atoms with Crippen LogP contribution in [-0.4, -0.2) is 56.8 Å². The number of carbonyl (C=O) groups is 2. The van der Waals surface area contributed by atoms with E-state index in [-0.39, 0.29) is 24.6 Å². The van der Waals surface area contributed by atoms with E-state index in [0.717, 1.165) is 25.7 Å². The maximum Gasteiger partial charge on any atom is 0.306 e. The van der Waals surface area contributed by atoms with Crippen LogP contribution in [-0.2, 0) is 19.1 Å². The van der Waals surface area contributed by atoms with E-state index >= 15 is 0 Å². The summed E-state index contributed by atoms with van der Waals surface area (Å²) in [4.78, 5) is 24.9. The smallest absolute Gasteiger partial charge is 0.306 e. The molecule has 0 aliphatic rings. The number of unbranched alkanes of at least 4 members (excludes halogenated alkanes) is 24. The normalized spacial score (nSPS) is 12.4. The molecule has 5 nitrogen and oxygen atoms in total. The molecule has 1 atom stereocenters. The first-order valence-corrected chi connectivity index (χ1v) is 18.9. The van der Waals surface area contributed by atoms with Gasteiger partial charge in [0.25, 0.3) is 0 Å². The number of nitrogens with zero attached hydrogens (tertiary/aromatic N) is 1. The molecule has 256 valence electrons. The number of likely N-dealkylation sites (N-methyl/N-ethyl adjacent to an activating group) is 1. The summed E-state index contributed by atoms with van der Waals surface area (Å²) in [6, 6.07) is 0. The number of ether oxygens (including phenoxy) is 2. The molecule has 0 fully saturated rings. The van der Waals surface area contributed by atoms with Crippen LogP contribution in [0.3, 0.4) is 0 Å². The number of hydrogen-bond acceptors (Lipinski definition) is 4. The lowest BCUT2D eigenvalue weighted by Gasteiger charge is -2.28. The minimum absolute atomic E-state index is 0.158. The fourth-order valence-corrected chi connectivity index (χ4v) is 5.81. The van der Waals surface area contributed by atoms with Crippen LogP contribution >= 0.6 is 0 Å². The van der Waals surface area contributed by atoms with Crippen LogP contribution in [0.2, 0.25) is 0 Å². The van der Waals surface area contributed by atoms with Crippen LogP contribution in [0.5, 0.6) is 0 Å². The van der Waals surface area contributed by atoms with Gasteiger partial charge in [-0.25, -0.2) is 0 Å². The van der Waals surface area contributed by atoms with Crippen molar-refractivity contribution in [2.45, 2.75) is 200 Å². The van der Waals surface area contributed by atoms with Crippen LogP contribution in [0.1, 0.15) is 194 Å². The zero-order valence-electron chi connectivity index (χ0n) is 29.9. The highest BCUT2D eigenvalue weighted by molar-refractivity contribution is 5.70. The molecular formula is C38H76NO4+. The third-order valence-electron chi connectivity index (χ3n) is 8.45. The van der Waals surface area contributed by atoms with E-state index in [1.807, 2.05) is 0 Å². The van der Waals surface area contributed by atoms with Crippen molar-refractivity contribution in [1.29, 1.82) is 0 Å². The standard InChI is InChI=1S/C38H76NO4/c1-6-8-10-12-14-16-18-20-22-24-26-28-30-32-37(40)42-35-36(34-39(3,4)5)43-38(41)33-31-29-27-25-23-21-19-17-15-13-11-9-7-2/h36H,6-35H2,1-5H3/q+1. The number of esters is 2. The SMILES string of the molecule is CCCCCCCCCCCCCCCC(=O)OCC(C[N+](C)(C)C)OC(=O)CCCCCCCCCCCCCCC. The van der Waals surface area contributed by atoms with Gasteiger partial charge in [-0.15, -0.1) is 0 Å². The predicted molar refractivity (Wildman–Crippen MR) is 184 cm³/mol. The Bertz CT molecular complexity index is 616. The second-order valence-electron chi connectivity index (χ2n) is 14.3. The zero-order chi connectivity index (χ0) is 31.9. The molecule has 0 bridgehead atoms. The van der Waals surface area contributed by atoms with Crippen molar-refractivity contribution in [3.05, 3.63) is 0 Å². The average molecular weight is 611 g/mol. The monoisotopic (exact) mass is 611 g/mol. The molecule has 43 heavy (non-hydrogen) atoms. The molecule has 0 saturated heterocycles. The minimum atomic E-state index is -0.384. The number of rotatable bonds is 33. The summed E-state index contributed by atoms with van der Waals surface area (Å²) in [7, 11) is 6.22. The first-order valence-electron chi connectivity index (χ1n) is 18.9. The summed E-state index contributed by atoms with van der Waals surface area (Å²) in [5.74, 6) is -0.323. The molecule has 0 amide bonds. The predicted octanol–water partition coefficient (Wildman–Crippen LogP) is 11.1. The molecule has 0 radical (unpaired) electrons. The van der Waals surface area contributed by atoms with E-state index in [2.05, 4.69) is 35.0 Å². The maximum atomic E-state index is 12.5. The summed E-state index contributed by atoms with van der Waals surface area (Å²) in [6.07, 6.45) is 34.1. The highest BCUT2D eigenvalue weighted by Gasteiger charge is 2.23. The molecular weight excluding hydrogens is 534 g/mol. The summed E-state index contributed by atoms with van der Waals surface area (Å²) in [5.41, 5.74) is 0. The Balaban J connectivity index is 3.86. The Hall–Kier alpha value is -1.10. The van der Waals surface area contributed by atoms with Crippen LogP contribution in [0.4, 0.5) is 0 Å². The van der Waals surface area contributed by atoms with Crippen LogP contribution in [0.25, 0.3) is 0 Å². The van der Waals surface area contributed by atoms with Gasteiger partial charge >= 0.3 is 11.9 Å². The van der Waals surface area contributed by atoms with Crippen LogP contribution < -0.4 is 0 Å². The molecule has 0 aromatic carbocycles. The lowest BCUT2D eigenvalue weighted by Crippen LogP contribution is -2.45. The molecule has 0 aromatic rings. The van der Waals surface area contributed by atoms with Gasteiger partial charge in [0, 0.05) is 12.8 Å². The lowest BCUT2D eigenvalue weighted by atomic mass is 10.0. The molecule has 0 saturated carbocycles. The van der Waals surface area contributed by atoms with Crippen LogP contribution in [0.15, 0.2) is 0 Å². The molecule has 0 rings (SSSR count). The third-order valence-corrected chi connectivity index (χ3v) is 8.45. The summed E-state index contributed by atoms with van der Waals surface area (Å²) in [6.45, 7) is 5.34. The van der Waals surface area contributed by atoms with Gasteiger partial charge in [0.2, 0.25) is 0 Å². The maximum absolute atomic E-state index is 12.5. The van der Waals surface area contributed by atoms with Gasteiger partial charge in [0.05, 0.1) is 21.1 Å². The lowest BCUT2D eigenvalue weighted by molar-refractivity contribution is -0.873. The minimum Gasteiger partial charge on any atom is -0.461 e. The number of quaternary nitrogens is 1. The quantitative estimate of drug-likeness (QED) is 0.0421. The second-order valence-corrected chi connectivity index (χ2v) is 14.3. The van der Waals surface area contributed by atoms with Crippen molar-refractivity contribution in [1.82, 2.24) is 0 Å². The Labute approximate surface area is 269 Å². The molecule has 0 aliphatic heterocycles. The van der Waals surface area contributed by atoms with Gasteiger partial charge in [0.1, 0.15) is 13.2 Å². The first kappa shape index (κ1) is 41.9.